The molecule has 140 valence electrons. The van der Waals surface area contributed by atoms with Crippen molar-refractivity contribution < 1.29 is 9.59 Å². The molecule has 2 heterocycles. The summed E-state index contributed by atoms with van der Waals surface area (Å²) in [7, 11) is 0. The van der Waals surface area contributed by atoms with Crippen molar-refractivity contribution in [1.29, 1.82) is 0 Å². The highest BCUT2D eigenvalue weighted by Crippen LogP contribution is 2.45. The van der Waals surface area contributed by atoms with Crippen LogP contribution in [0.5, 0.6) is 0 Å². The number of likely N-dealkylation sites (tertiary alicyclic amines) is 1. The van der Waals surface area contributed by atoms with Crippen molar-refractivity contribution in [2.24, 2.45) is 11.3 Å². The third-order valence-electron chi connectivity index (χ3n) is 6.62. The van der Waals surface area contributed by atoms with Gasteiger partial charge in [0.25, 0.3) is 5.91 Å². The molecule has 1 aromatic carbocycles. The molecule has 0 unspecified atom stereocenters. The maximum absolute atomic E-state index is 13.3. The van der Waals surface area contributed by atoms with Crippen molar-refractivity contribution >= 4 is 11.8 Å². The molecule has 1 aliphatic carbocycles. The van der Waals surface area contributed by atoms with Gasteiger partial charge in [-0.3, -0.25) is 9.59 Å². The van der Waals surface area contributed by atoms with Crippen molar-refractivity contribution in [3.8, 4) is 0 Å². The van der Waals surface area contributed by atoms with Gasteiger partial charge in [0.15, 0.2) is 0 Å². The van der Waals surface area contributed by atoms with E-state index in [0.717, 1.165) is 45.4 Å². The SMILES string of the molecule is O=C(NC1CCN(C(=O)[C@@]23CCCC[C@H]2CNC3)CC1)c1ccccc1. The Morgan fingerprint density at radius 3 is 2.62 bits per heavy atom. The molecule has 2 amide bonds. The highest BCUT2D eigenvalue weighted by atomic mass is 16.2. The van der Waals surface area contributed by atoms with Gasteiger partial charge in [-0.05, 0) is 50.3 Å². The molecule has 1 aromatic rings. The van der Waals surface area contributed by atoms with Crippen LogP contribution in [0.3, 0.4) is 0 Å². The van der Waals surface area contributed by atoms with Crippen LogP contribution in [0, 0.1) is 11.3 Å². The van der Waals surface area contributed by atoms with Crippen LogP contribution in [0.25, 0.3) is 0 Å². The fourth-order valence-corrected chi connectivity index (χ4v) is 5.07. The third-order valence-corrected chi connectivity index (χ3v) is 6.62. The first-order valence-corrected chi connectivity index (χ1v) is 10.0. The van der Waals surface area contributed by atoms with Crippen molar-refractivity contribution in [3.05, 3.63) is 35.9 Å². The number of benzene rings is 1. The summed E-state index contributed by atoms with van der Waals surface area (Å²) in [5.74, 6) is 0.862. The first-order valence-electron chi connectivity index (χ1n) is 10.0. The summed E-state index contributed by atoms with van der Waals surface area (Å²) in [6.45, 7) is 3.36. The standard InChI is InChI=1S/C21H29N3O2/c25-19(16-6-2-1-3-7-16)23-18-9-12-24(13-10-18)20(26)21-11-5-4-8-17(21)14-22-15-21/h1-3,6-7,17-18,22H,4-5,8-15H2,(H,23,25)/t17-,21+/m0/s1. The second kappa shape index (κ2) is 7.39. The van der Waals surface area contributed by atoms with Crippen molar-refractivity contribution in [2.75, 3.05) is 26.2 Å². The van der Waals surface area contributed by atoms with Gasteiger partial charge in [0, 0.05) is 31.2 Å². The van der Waals surface area contributed by atoms with Crippen LogP contribution in [0.1, 0.15) is 48.9 Å². The number of fused-ring (bicyclic) bond motifs is 1. The summed E-state index contributed by atoms with van der Waals surface area (Å²) < 4.78 is 0. The molecule has 2 aliphatic heterocycles. The fourth-order valence-electron chi connectivity index (χ4n) is 5.07. The molecule has 2 atom stereocenters. The monoisotopic (exact) mass is 355 g/mol. The Morgan fingerprint density at radius 2 is 1.85 bits per heavy atom. The second-order valence-corrected chi connectivity index (χ2v) is 8.14. The van der Waals surface area contributed by atoms with E-state index in [2.05, 4.69) is 15.5 Å². The summed E-state index contributed by atoms with van der Waals surface area (Å²) >= 11 is 0. The molecule has 2 saturated heterocycles. The van der Waals surface area contributed by atoms with Crippen LogP contribution in [-0.2, 0) is 4.79 Å². The molecule has 0 aromatic heterocycles. The normalized spacial score (nSPS) is 29.2. The molecular weight excluding hydrogens is 326 g/mol. The van der Waals surface area contributed by atoms with E-state index in [1.807, 2.05) is 30.3 Å². The van der Waals surface area contributed by atoms with Gasteiger partial charge in [-0.25, -0.2) is 0 Å². The van der Waals surface area contributed by atoms with Gasteiger partial charge >= 0.3 is 0 Å². The predicted octanol–water partition coefficient (Wildman–Crippen LogP) is 2.19. The summed E-state index contributed by atoms with van der Waals surface area (Å²) in [5, 5.41) is 6.60. The minimum atomic E-state index is -0.154. The smallest absolute Gasteiger partial charge is 0.251 e. The Labute approximate surface area is 155 Å². The molecule has 5 heteroatoms. The Kier molecular flexibility index (Phi) is 4.98. The van der Waals surface area contributed by atoms with E-state index in [9.17, 15) is 9.59 Å². The maximum Gasteiger partial charge on any atom is 0.251 e. The number of amides is 2. The molecule has 0 spiro atoms. The van der Waals surface area contributed by atoms with E-state index >= 15 is 0 Å². The average molecular weight is 355 g/mol. The van der Waals surface area contributed by atoms with Crippen molar-refractivity contribution in [3.63, 3.8) is 0 Å². The van der Waals surface area contributed by atoms with E-state index in [1.165, 1.54) is 19.3 Å². The van der Waals surface area contributed by atoms with Gasteiger partial charge in [-0.2, -0.15) is 0 Å². The largest absolute Gasteiger partial charge is 0.349 e. The van der Waals surface area contributed by atoms with Gasteiger partial charge in [-0.15, -0.1) is 0 Å². The van der Waals surface area contributed by atoms with Gasteiger partial charge in [0.2, 0.25) is 5.91 Å². The Bertz CT molecular complexity index is 654. The van der Waals surface area contributed by atoms with Crippen LogP contribution >= 0.6 is 0 Å². The summed E-state index contributed by atoms with van der Waals surface area (Å²) in [6, 6.07) is 9.51. The molecule has 4 rings (SSSR count). The van der Waals surface area contributed by atoms with E-state index in [0.29, 0.717) is 17.4 Å². The molecule has 3 fully saturated rings. The minimum Gasteiger partial charge on any atom is -0.349 e. The summed E-state index contributed by atoms with van der Waals surface area (Å²) in [5.41, 5.74) is 0.547. The Morgan fingerprint density at radius 1 is 1.08 bits per heavy atom. The molecule has 0 radical (unpaired) electrons. The lowest BCUT2D eigenvalue weighted by Crippen LogP contribution is -2.54. The number of piperidine rings is 1. The predicted molar refractivity (Wildman–Crippen MR) is 101 cm³/mol. The zero-order valence-electron chi connectivity index (χ0n) is 15.4. The van der Waals surface area contributed by atoms with Crippen LogP contribution < -0.4 is 10.6 Å². The quantitative estimate of drug-likeness (QED) is 0.874. The number of hydrogen-bond acceptors (Lipinski definition) is 3. The van der Waals surface area contributed by atoms with E-state index in [-0.39, 0.29) is 17.4 Å². The topological polar surface area (TPSA) is 61.4 Å². The number of rotatable bonds is 3. The number of nitrogens with zero attached hydrogens (tertiary/aromatic N) is 1. The van der Waals surface area contributed by atoms with Gasteiger partial charge in [0.1, 0.15) is 0 Å². The average Bonchev–Trinajstić information content (AvgIpc) is 3.14. The van der Waals surface area contributed by atoms with Gasteiger partial charge < -0.3 is 15.5 Å². The summed E-state index contributed by atoms with van der Waals surface area (Å²) in [6.07, 6.45) is 6.34. The fraction of sp³-hybridized carbons (Fsp3) is 0.619. The van der Waals surface area contributed by atoms with Crippen LogP contribution in [0.2, 0.25) is 0 Å². The molecule has 26 heavy (non-hydrogen) atoms. The molecule has 0 bridgehead atoms. The molecule has 2 N–H and O–H groups in total. The Balaban J connectivity index is 1.33. The highest BCUT2D eigenvalue weighted by Gasteiger charge is 2.51. The number of carbonyl (C=O) groups excluding carboxylic acids is 2. The lowest BCUT2D eigenvalue weighted by molar-refractivity contribution is -0.146. The first-order chi connectivity index (χ1) is 12.7. The molecule has 3 aliphatic rings. The van der Waals surface area contributed by atoms with Crippen LogP contribution in [0.15, 0.2) is 30.3 Å². The molecule has 1 saturated carbocycles. The number of nitrogens with one attached hydrogen (secondary N) is 2. The third kappa shape index (κ3) is 3.25. The maximum atomic E-state index is 13.3. The van der Waals surface area contributed by atoms with E-state index in [4.69, 9.17) is 0 Å². The first kappa shape index (κ1) is 17.5. The van der Waals surface area contributed by atoms with E-state index < -0.39 is 0 Å². The lowest BCUT2D eigenvalue weighted by Gasteiger charge is -2.43. The second-order valence-electron chi connectivity index (χ2n) is 8.14. The zero-order valence-corrected chi connectivity index (χ0v) is 15.4. The minimum absolute atomic E-state index is 0.0127. The molecular formula is C21H29N3O2. The lowest BCUT2D eigenvalue weighted by atomic mass is 9.67. The Hall–Kier alpha value is -1.88. The van der Waals surface area contributed by atoms with Crippen LogP contribution in [0.4, 0.5) is 0 Å². The van der Waals surface area contributed by atoms with Crippen molar-refractivity contribution in [2.45, 2.75) is 44.6 Å². The van der Waals surface area contributed by atoms with Gasteiger partial charge in [0.05, 0.1) is 5.41 Å². The van der Waals surface area contributed by atoms with Crippen LogP contribution in [-0.4, -0.2) is 48.9 Å². The number of hydrogen-bond donors (Lipinski definition) is 2. The van der Waals surface area contributed by atoms with Gasteiger partial charge in [-0.1, -0.05) is 31.0 Å². The molecule has 5 nitrogen and oxygen atoms in total. The number of carbonyl (C=O) groups is 2. The van der Waals surface area contributed by atoms with E-state index in [1.54, 1.807) is 0 Å². The summed E-state index contributed by atoms with van der Waals surface area (Å²) in [4.78, 5) is 27.7. The zero-order chi connectivity index (χ0) is 18.0. The van der Waals surface area contributed by atoms with Crippen molar-refractivity contribution in [1.82, 2.24) is 15.5 Å². The highest BCUT2D eigenvalue weighted by molar-refractivity contribution is 5.94.